The second kappa shape index (κ2) is 7.11. The Morgan fingerprint density at radius 3 is 1.73 bits per heavy atom. The zero-order valence-corrected chi connectivity index (χ0v) is 15.9. The van der Waals surface area contributed by atoms with E-state index in [4.69, 9.17) is 9.97 Å². The summed E-state index contributed by atoms with van der Waals surface area (Å²) in [6.45, 7) is 0. The molecule has 0 bridgehead atoms. The lowest BCUT2D eigenvalue weighted by Gasteiger charge is -2.11. The van der Waals surface area contributed by atoms with Gasteiger partial charge in [0.15, 0.2) is 5.82 Å². The first-order valence-corrected chi connectivity index (χ1v) is 9.26. The van der Waals surface area contributed by atoms with E-state index < -0.39 is 0 Å². The average Bonchev–Trinajstić information content (AvgIpc) is 3.19. The monoisotopic (exact) mass is 399 g/mol. The number of hydrogen-bond acceptors (Lipinski definition) is 4. The average molecular weight is 399 g/mol. The number of benzene rings is 3. The number of aromatic nitrogens is 5. The molecule has 30 heavy (non-hydrogen) atoms. The second-order valence-electron chi connectivity index (χ2n) is 6.90. The van der Waals surface area contributed by atoms with E-state index >= 15 is 0 Å². The van der Waals surface area contributed by atoms with E-state index in [1.54, 1.807) is 30.6 Å². The van der Waals surface area contributed by atoms with E-state index in [0.29, 0.717) is 33.8 Å². The van der Waals surface area contributed by atoms with Crippen LogP contribution in [0.4, 0.5) is 8.78 Å². The second-order valence-corrected chi connectivity index (χ2v) is 6.90. The van der Waals surface area contributed by atoms with Crippen LogP contribution in [0.25, 0.3) is 44.9 Å². The fourth-order valence-electron chi connectivity index (χ4n) is 3.36. The molecule has 146 valence electrons. The molecule has 0 saturated carbocycles. The van der Waals surface area contributed by atoms with Crippen molar-refractivity contribution in [3.05, 3.63) is 84.7 Å². The molecule has 2 aromatic heterocycles. The Morgan fingerprint density at radius 1 is 0.667 bits per heavy atom. The van der Waals surface area contributed by atoms with Crippen molar-refractivity contribution in [2.24, 2.45) is 7.05 Å². The summed E-state index contributed by atoms with van der Waals surface area (Å²) in [6, 6.07) is 17.8. The van der Waals surface area contributed by atoms with Gasteiger partial charge in [-0.2, -0.15) is 0 Å². The maximum Gasteiger partial charge on any atom is 0.163 e. The van der Waals surface area contributed by atoms with Gasteiger partial charge in [0.2, 0.25) is 0 Å². The summed E-state index contributed by atoms with van der Waals surface area (Å²) in [6.07, 6.45) is 1.63. The minimum Gasteiger partial charge on any atom is -0.317 e. The molecule has 0 aliphatic rings. The van der Waals surface area contributed by atoms with Gasteiger partial charge in [-0.25, -0.2) is 18.7 Å². The van der Waals surface area contributed by atoms with E-state index in [2.05, 4.69) is 10.2 Å². The van der Waals surface area contributed by atoms with Crippen molar-refractivity contribution < 1.29 is 8.78 Å². The van der Waals surface area contributed by atoms with Crippen LogP contribution in [0.3, 0.4) is 0 Å². The van der Waals surface area contributed by atoms with Gasteiger partial charge in [-0.15, -0.1) is 10.2 Å². The third-order valence-electron chi connectivity index (χ3n) is 4.87. The normalized spacial score (nSPS) is 11.2. The van der Waals surface area contributed by atoms with E-state index in [-0.39, 0.29) is 11.6 Å². The van der Waals surface area contributed by atoms with Gasteiger partial charge in [0.25, 0.3) is 0 Å². The Morgan fingerprint density at radius 2 is 1.20 bits per heavy atom. The smallest absolute Gasteiger partial charge is 0.163 e. The van der Waals surface area contributed by atoms with Crippen LogP contribution in [0.15, 0.2) is 73.1 Å². The molecule has 0 radical (unpaired) electrons. The van der Waals surface area contributed by atoms with Crippen LogP contribution in [-0.2, 0) is 7.05 Å². The van der Waals surface area contributed by atoms with E-state index in [0.717, 1.165) is 11.1 Å². The van der Waals surface area contributed by atoms with Gasteiger partial charge in [0.05, 0.1) is 22.4 Å². The van der Waals surface area contributed by atoms with Crippen LogP contribution in [0.2, 0.25) is 0 Å². The van der Waals surface area contributed by atoms with Gasteiger partial charge >= 0.3 is 0 Å². The predicted molar refractivity (Wildman–Crippen MR) is 110 cm³/mol. The number of halogens is 2. The molecule has 0 unspecified atom stereocenters. The number of aryl methyl sites for hydroxylation is 1. The predicted octanol–water partition coefficient (Wildman–Crippen LogP) is 5.04. The summed E-state index contributed by atoms with van der Waals surface area (Å²) in [7, 11) is 1.87. The van der Waals surface area contributed by atoms with E-state index in [9.17, 15) is 8.78 Å². The largest absolute Gasteiger partial charge is 0.317 e. The number of rotatable bonds is 3. The number of nitrogens with zero attached hydrogens (tertiary/aromatic N) is 5. The molecule has 2 heterocycles. The lowest BCUT2D eigenvalue weighted by Crippen LogP contribution is -1.97. The lowest BCUT2D eigenvalue weighted by molar-refractivity contribution is 0.627. The first-order chi connectivity index (χ1) is 14.6. The first-order valence-electron chi connectivity index (χ1n) is 9.26. The van der Waals surface area contributed by atoms with Gasteiger partial charge < -0.3 is 4.57 Å². The van der Waals surface area contributed by atoms with Crippen LogP contribution in [-0.4, -0.2) is 24.7 Å². The zero-order valence-electron chi connectivity index (χ0n) is 15.9. The van der Waals surface area contributed by atoms with Crippen molar-refractivity contribution in [1.29, 1.82) is 0 Å². The minimum absolute atomic E-state index is 0.329. The Bertz CT molecular complexity index is 1360. The number of hydrogen-bond donors (Lipinski definition) is 0. The molecule has 5 nitrogen and oxygen atoms in total. The molecule has 3 aromatic carbocycles. The summed E-state index contributed by atoms with van der Waals surface area (Å²) in [5, 5.41) is 8.07. The molecule has 0 saturated heterocycles. The fraction of sp³-hybridized carbons (Fsp3) is 0.0435. The highest BCUT2D eigenvalue weighted by Gasteiger charge is 2.15. The summed E-state index contributed by atoms with van der Waals surface area (Å²) in [4.78, 5) is 9.64. The third-order valence-corrected chi connectivity index (χ3v) is 4.87. The van der Waals surface area contributed by atoms with Gasteiger partial charge in [0, 0.05) is 23.7 Å². The standard InChI is InChI=1S/C23H15F2N5/c1-30-13-26-29-23(30)16-6-11-19-20(12-16)28-22(15-4-9-18(25)10-5-15)21(27-19)14-2-7-17(24)8-3-14/h2-13H,1H3. The summed E-state index contributed by atoms with van der Waals surface area (Å²) in [5.41, 5.74) is 4.84. The van der Waals surface area contributed by atoms with Crippen molar-refractivity contribution in [2.75, 3.05) is 0 Å². The molecule has 5 rings (SSSR count). The van der Waals surface area contributed by atoms with Crippen LogP contribution >= 0.6 is 0 Å². The Labute approximate surface area is 170 Å². The maximum absolute atomic E-state index is 13.5. The summed E-state index contributed by atoms with van der Waals surface area (Å²) in [5.74, 6) is 0.0502. The molecule has 5 aromatic rings. The summed E-state index contributed by atoms with van der Waals surface area (Å²) >= 11 is 0. The maximum atomic E-state index is 13.5. The topological polar surface area (TPSA) is 56.5 Å². The molecular formula is C23H15F2N5. The Kier molecular flexibility index (Phi) is 4.28. The zero-order chi connectivity index (χ0) is 20.7. The lowest BCUT2D eigenvalue weighted by atomic mass is 10.0. The molecule has 0 aliphatic carbocycles. The highest BCUT2D eigenvalue weighted by atomic mass is 19.1. The van der Waals surface area contributed by atoms with E-state index in [1.165, 1.54) is 24.3 Å². The van der Waals surface area contributed by atoms with Gasteiger partial charge in [-0.3, -0.25) is 0 Å². The molecule has 0 aliphatic heterocycles. The van der Waals surface area contributed by atoms with Crippen molar-refractivity contribution in [3.8, 4) is 33.9 Å². The molecule has 0 spiro atoms. The van der Waals surface area contributed by atoms with Gasteiger partial charge in [-0.05, 0) is 66.7 Å². The molecule has 7 heteroatoms. The van der Waals surface area contributed by atoms with Crippen molar-refractivity contribution in [1.82, 2.24) is 24.7 Å². The Hall–Kier alpha value is -4.00. The highest BCUT2D eigenvalue weighted by molar-refractivity contribution is 5.88. The van der Waals surface area contributed by atoms with Crippen molar-refractivity contribution in [2.45, 2.75) is 0 Å². The molecule has 0 fully saturated rings. The van der Waals surface area contributed by atoms with Gasteiger partial charge in [0.1, 0.15) is 18.0 Å². The Balaban J connectivity index is 1.75. The minimum atomic E-state index is -0.333. The van der Waals surface area contributed by atoms with Crippen LogP contribution in [0.5, 0.6) is 0 Å². The highest BCUT2D eigenvalue weighted by Crippen LogP contribution is 2.32. The van der Waals surface area contributed by atoms with Crippen LogP contribution < -0.4 is 0 Å². The van der Waals surface area contributed by atoms with Crippen molar-refractivity contribution in [3.63, 3.8) is 0 Å². The molecule has 0 amide bonds. The quantitative estimate of drug-likeness (QED) is 0.427. The third kappa shape index (κ3) is 3.20. The first kappa shape index (κ1) is 18.1. The molecular weight excluding hydrogens is 384 g/mol. The SMILES string of the molecule is Cn1cnnc1-c1ccc2nc(-c3ccc(F)cc3)c(-c3ccc(F)cc3)nc2c1. The van der Waals surface area contributed by atoms with Crippen molar-refractivity contribution >= 4 is 11.0 Å². The molecule has 0 N–H and O–H groups in total. The van der Waals surface area contributed by atoms with E-state index in [1.807, 2.05) is 29.8 Å². The number of fused-ring (bicyclic) bond motifs is 1. The fourth-order valence-corrected chi connectivity index (χ4v) is 3.36. The molecule has 0 atom stereocenters. The van der Waals surface area contributed by atoms with Crippen LogP contribution in [0.1, 0.15) is 0 Å². The van der Waals surface area contributed by atoms with Crippen LogP contribution in [0, 0.1) is 11.6 Å². The summed E-state index contributed by atoms with van der Waals surface area (Å²) < 4.78 is 28.7. The van der Waals surface area contributed by atoms with Gasteiger partial charge in [-0.1, -0.05) is 0 Å².